The first-order valence-corrected chi connectivity index (χ1v) is 10.8. The molecule has 2 heterocycles. The van der Waals surface area contributed by atoms with Crippen LogP contribution in [0.3, 0.4) is 0 Å². The van der Waals surface area contributed by atoms with Crippen LogP contribution in [0.2, 0.25) is 0 Å². The van der Waals surface area contributed by atoms with Gasteiger partial charge in [-0.3, -0.25) is 19.0 Å². The maximum Gasteiger partial charge on any atom is 0.338 e. The molecule has 9 nitrogen and oxygen atoms in total. The zero-order valence-corrected chi connectivity index (χ0v) is 17.9. The van der Waals surface area contributed by atoms with Gasteiger partial charge in [-0.05, 0) is 36.8 Å². The Bertz CT molecular complexity index is 1320. The lowest BCUT2D eigenvalue weighted by molar-refractivity contribution is -0.113. The molecule has 2 aromatic heterocycles. The molecule has 0 radical (unpaired) electrons. The molecule has 0 aliphatic rings. The van der Waals surface area contributed by atoms with E-state index in [1.165, 1.54) is 17.8 Å². The monoisotopic (exact) mass is 449 g/mol. The summed E-state index contributed by atoms with van der Waals surface area (Å²) in [5, 5.41) is 11.4. The van der Waals surface area contributed by atoms with Gasteiger partial charge in [-0.2, -0.15) is 0 Å². The van der Waals surface area contributed by atoms with Crippen LogP contribution in [0.1, 0.15) is 17.3 Å². The SMILES string of the molecule is CCOC(=O)c1ccc(NC(=O)CSc2nnc3[nH]c(=O)cc(-c4ccccc4)n23)cc1. The summed E-state index contributed by atoms with van der Waals surface area (Å²) in [4.78, 5) is 38.8. The van der Waals surface area contributed by atoms with Gasteiger partial charge in [-0.1, -0.05) is 42.1 Å². The van der Waals surface area contributed by atoms with Gasteiger partial charge in [0.2, 0.25) is 11.7 Å². The Morgan fingerprint density at radius 3 is 2.56 bits per heavy atom. The van der Waals surface area contributed by atoms with Crippen molar-refractivity contribution in [2.75, 3.05) is 17.7 Å². The minimum Gasteiger partial charge on any atom is -0.462 e. The van der Waals surface area contributed by atoms with E-state index in [1.54, 1.807) is 35.6 Å². The highest BCUT2D eigenvalue weighted by Gasteiger charge is 2.15. The van der Waals surface area contributed by atoms with Crippen molar-refractivity contribution < 1.29 is 14.3 Å². The van der Waals surface area contributed by atoms with E-state index in [0.717, 1.165) is 5.56 Å². The molecule has 0 aliphatic carbocycles. The number of fused-ring (bicyclic) bond motifs is 1. The smallest absolute Gasteiger partial charge is 0.338 e. The van der Waals surface area contributed by atoms with Gasteiger partial charge < -0.3 is 10.1 Å². The highest BCUT2D eigenvalue weighted by atomic mass is 32.2. The van der Waals surface area contributed by atoms with Gasteiger partial charge in [0, 0.05) is 11.8 Å². The summed E-state index contributed by atoms with van der Waals surface area (Å²) in [6, 6.07) is 17.3. The molecule has 32 heavy (non-hydrogen) atoms. The number of benzene rings is 2. The number of aromatic amines is 1. The molecule has 10 heteroatoms. The average Bonchev–Trinajstić information content (AvgIpc) is 3.21. The quantitative estimate of drug-likeness (QED) is 0.329. The number of hydrogen-bond donors (Lipinski definition) is 2. The van der Waals surface area contributed by atoms with Crippen LogP contribution in [-0.2, 0) is 9.53 Å². The minimum atomic E-state index is -0.410. The van der Waals surface area contributed by atoms with E-state index in [1.807, 2.05) is 30.3 Å². The second-order valence-corrected chi connectivity index (χ2v) is 7.60. The first kappa shape index (κ1) is 21.3. The number of aromatic nitrogens is 4. The van der Waals surface area contributed by atoms with Crippen LogP contribution < -0.4 is 10.9 Å². The molecule has 0 saturated heterocycles. The second-order valence-electron chi connectivity index (χ2n) is 6.66. The van der Waals surface area contributed by atoms with Crippen LogP contribution in [0.15, 0.2) is 70.6 Å². The van der Waals surface area contributed by atoms with E-state index in [4.69, 9.17) is 4.74 Å². The van der Waals surface area contributed by atoms with Crippen molar-refractivity contribution in [3.05, 3.63) is 76.6 Å². The van der Waals surface area contributed by atoms with Crippen molar-refractivity contribution >= 4 is 35.1 Å². The van der Waals surface area contributed by atoms with Crippen LogP contribution >= 0.6 is 11.8 Å². The van der Waals surface area contributed by atoms with Crippen LogP contribution in [0.4, 0.5) is 5.69 Å². The van der Waals surface area contributed by atoms with Crippen LogP contribution in [0, 0.1) is 0 Å². The lowest BCUT2D eigenvalue weighted by Crippen LogP contribution is -2.15. The van der Waals surface area contributed by atoms with Crippen molar-refractivity contribution in [2.45, 2.75) is 12.1 Å². The number of esters is 1. The van der Waals surface area contributed by atoms with Crippen molar-refractivity contribution in [1.29, 1.82) is 0 Å². The van der Waals surface area contributed by atoms with Crippen molar-refractivity contribution in [1.82, 2.24) is 19.6 Å². The van der Waals surface area contributed by atoms with Crippen molar-refractivity contribution in [2.24, 2.45) is 0 Å². The lowest BCUT2D eigenvalue weighted by Gasteiger charge is -2.08. The Morgan fingerprint density at radius 1 is 1.09 bits per heavy atom. The summed E-state index contributed by atoms with van der Waals surface area (Å²) < 4.78 is 6.66. The fraction of sp³-hybridized carbons (Fsp3) is 0.136. The normalized spacial score (nSPS) is 10.8. The molecule has 1 amide bonds. The van der Waals surface area contributed by atoms with Gasteiger partial charge in [-0.15, -0.1) is 10.2 Å². The van der Waals surface area contributed by atoms with E-state index in [9.17, 15) is 14.4 Å². The molecule has 4 rings (SSSR count). The molecule has 2 N–H and O–H groups in total. The zero-order chi connectivity index (χ0) is 22.5. The third-order valence-electron chi connectivity index (χ3n) is 4.46. The first-order chi connectivity index (χ1) is 15.5. The summed E-state index contributed by atoms with van der Waals surface area (Å²) in [5.74, 6) is -0.282. The standard InChI is InChI=1S/C22H19N5O4S/c1-2-31-20(30)15-8-10-16(11-9-15)23-19(29)13-32-22-26-25-21-24-18(28)12-17(27(21)22)14-6-4-3-5-7-14/h3-12H,2,13H2,1H3,(H,23,29)(H,24,25,28). The Morgan fingerprint density at radius 2 is 1.84 bits per heavy atom. The number of carbonyl (C=O) groups excluding carboxylic acids is 2. The predicted molar refractivity (Wildman–Crippen MR) is 121 cm³/mol. The number of ether oxygens (including phenoxy) is 1. The molecule has 162 valence electrons. The molecule has 2 aromatic carbocycles. The number of H-pyrrole nitrogens is 1. The number of amides is 1. The largest absolute Gasteiger partial charge is 0.462 e. The Labute approximate surface area is 186 Å². The maximum absolute atomic E-state index is 12.4. The summed E-state index contributed by atoms with van der Waals surface area (Å²) in [6.45, 7) is 2.04. The molecule has 0 saturated carbocycles. The van der Waals surface area contributed by atoms with E-state index in [2.05, 4.69) is 20.5 Å². The predicted octanol–water partition coefficient (Wildman–Crippen LogP) is 2.99. The number of thioether (sulfide) groups is 1. The first-order valence-electron chi connectivity index (χ1n) is 9.79. The van der Waals surface area contributed by atoms with Crippen LogP contribution in [-0.4, -0.2) is 43.8 Å². The third kappa shape index (κ3) is 4.70. The summed E-state index contributed by atoms with van der Waals surface area (Å²) >= 11 is 1.19. The van der Waals surface area contributed by atoms with E-state index < -0.39 is 5.97 Å². The topological polar surface area (TPSA) is 118 Å². The minimum absolute atomic E-state index is 0.0772. The fourth-order valence-corrected chi connectivity index (χ4v) is 3.79. The Kier molecular flexibility index (Phi) is 6.31. The molecule has 0 aliphatic heterocycles. The summed E-state index contributed by atoms with van der Waals surface area (Å²) in [6.07, 6.45) is 0. The number of nitrogens with one attached hydrogen (secondary N) is 2. The van der Waals surface area contributed by atoms with Crippen LogP contribution in [0.5, 0.6) is 0 Å². The Hall–Kier alpha value is -3.92. The summed E-state index contributed by atoms with van der Waals surface area (Å²) in [5.41, 5.74) is 2.15. The number of hydrogen-bond acceptors (Lipinski definition) is 7. The number of rotatable bonds is 7. The van der Waals surface area contributed by atoms with E-state index in [0.29, 0.717) is 34.5 Å². The van der Waals surface area contributed by atoms with E-state index >= 15 is 0 Å². The fourth-order valence-electron chi connectivity index (χ4n) is 3.05. The molecular formula is C22H19N5O4S. The second kappa shape index (κ2) is 9.48. The highest BCUT2D eigenvalue weighted by Crippen LogP contribution is 2.24. The highest BCUT2D eigenvalue weighted by molar-refractivity contribution is 7.99. The molecule has 4 aromatic rings. The number of anilines is 1. The molecule has 0 atom stereocenters. The molecule has 0 unspecified atom stereocenters. The average molecular weight is 449 g/mol. The lowest BCUT2D eigenvalue weighted by atomic mass is 10.1. The maximum atomic E-state index is 12.4. The molecular weight excluding hydrogens is 430 g/mol. The molecule has 0 bridgehead atoms. The molecule has 0 spiro atoms. The molecule has 0 fully saturated rings. The van der Waals surface area contributed by atoms with Gasteiger partial charge in [-0.25, -0.2) is 4.79 Å². The Balaban J connectivity index is 1.48. The van der Waals surface area contributed by atoms with E-state index in [-0.39, 0.29) is 17.2 Å². The van der Waals surface area contributed by atoms with Gasteiger partial charge in [0.05, 0.1) is 23.6 Å². The van der Waals surface area contributed by atoms with Gasteiger partial charge in [0.15, 0.2) is 5.16 Å². The van der Waals surface area contributed by atoms with Gasteiger partial charge >= 0.3 is 5.97 Å². The van der Waals surface area contributed by atoms with Crippen LogP contribution in [0.25, 0.3) is 17.0 Å². The zero-order valence-electron chi connectivity index (χ0n) is 17.1. The van der Waals surface area contributed by atoms with Gasteiger partial charge in [0.1, 0.15) is 0 Å². The number of carbonyl (C=O) groups is 2. The number of nitrogens with zero attached hydrogens (tertiary/aromatic N) is 3. The third-order valence-corrected chi connectivity index (χ3v) is 5.39. The van der Waals surface area contributed by atoms with Crippen molar-refractivity contribution in [3.63, 3.8) is 0 Å². The summed E-state index contributed by atoms with van der Waals surface area (Å²) in [7, 11) is 0. The van der Waals surface area contributed by atoms with Gasteiger partial charge in [0.25, 0.3) is 5.56 Å². The van der Waals surface area contributed by atoms with Crippen molar-refractivity contribution in [3.8, 4) is 11.3 Å².